The van der Waals surface area contributed by atoms with Crippen LogP contribution in [-0.4, -0.2) is 34.2 Å². The van der Waals surface area contributed by atoms with E-state index in [1.807, 2.05) is 35.2 Å². The van der Waals surface area contributed by atoms with Gasteiger partial charge in [0.2, 0.25) is 5.72 Å². The first-order chi connectivity index (χ1) is 10.7. The van der Waals surface area contributed by atoms with E-state index in [-0.39, 0.29) is 17.9 Å². The van der Waals surface area contributed by atoms with Gasteiger partial charge in [-0.2, -0.15) is 0 Å². The SMILES string of the molecule is O=C1N(C2CCCCC2)CC2C(c3ccccc3)NNC12O. The molecule has 2 saturated heterocycles. The second kappa shape index (κ2) is 5.33. The molecule has 1 aromatic rings. The Morgan fingerprint density at radius 1 is 1.14 bits per heavy atom. The second-order valence-electron chi connectivity index (χ2n) is 6.78. The molecule has 4 rings (SSSR count). The van der Waals surface area contributed by atoms with Gasteiger partial charge in [0.1, 0.15) is 0 Å². The number of benzene rings is 1. The summed E-state index contributed by atoms with van der Waals surface area (Å²) in [5.74, 6) is -0.306. The molecule has 118 valence electrons. The van der Waals surface area contributed by atoms with Crippen molar-refractivity contribution in [3.05, 3.63) is 35.9 Å². The Bertz CT molecular complexity index is 558. The van der Waals surface area contributed by atoms with Gasteiger partial charge in [0.15, 0.2) is 0 Å². The van der Waals surface area contributed by atoms with Crippen molar-refractivity contribution >= 4 is 5.91 Å². The van der Waals surface area contributed by atoms with Crippen molar-refractivity contribution in [3.8, 4) is 0 Å². The fraction of sp³-hybridized carbons (Fsp3) is 0.588. The van der Waals surface area contributed by atoms with Crippen molar-refractivity contribution < 1.29 is 9.90 Å². The minimum absolute atomic E-state index is 0.0382. The summed E-state index contributed by atoms with van der Waals surface area (Å²) in [6.45, 7) is 0.625. The van der Waals surface area contributed by atoms with E-state index in [2.05, 4.69) is 10.9 Å². The Morgan fingerprint density at radius 3 is 2.59 bits per heavy atom. The van der Waals surface area contributed by atoms with Gasteiger partial charge in [-0.15, -0.1) is 0 Å². The van der Waals surface area contributed by atoms with E-state index in [0.717, 1.165) is 18.4 Å². The number of likely N-dealkylation sites (tertiary alicyclic amines) is 1. The molecule has 5 heteroatoms. The summed E-state index contributed by atoms with van der Waals surface area (Å²) in [4.78, 5) is 14.7. The smallest absolute Gasteiger partial charge is 0.271 e. The van der Waals surface area contributed by atoms with Crippen LogP contribution >= 0.6 is 0 Å². The number of carbonyl (C=O) groups excluding carboxylic acids is 1. The normalized spacial score (nSPS) is 35.9. The molecule has 3 N–H and O–H groups in total. The average molecular weight is 301 g/mol. The summed E-state index contributed by atoms with van der Waals surface area (Å²) < 4.78 is 0. The first-order valence-corrected chi connectivity index (χ1v) is 8.31. The number of hydrazine groups is 1. The van der Waals surface area contributed by atoms with Crippen LogP contribution in [0, 0.1) is 5.92 Å². The molecular formula is C17H23N3O2. The van der Waals surface area contributed by atoms with Crippen molar-refractivity contribution in [2.75, 3.05) is 6.54 Å². The molecule has 1 amide bonds. The summed E-state index contributed by atoms with van der Waals surface area (Å²) in [7, 11) is 0. The maximum absolute atomic E-state index is 12.8. The van der Waals surface area contributed by atoms with Gasteiger partial charge < -0.3 is 10.0 Å². The number of carbonyl (C=O) groups is 1. The molecule has 1 aromatic carbocycles. The maximum Gasteiger partial charge on any atom is 0.271 e. The Hall–Kier alpha value is -1.43. The minimum atomic E-state index is -1.46. The van der Waals surface area contributed by atoms with Gasteiger partial charge in [0.25, 0.3) is 5.91 Å². The standard InChI is InChI=1S/C17H23N3O2/c21-16-17(22)14(11-20(16)13-9-5-2-6-10-13)15(18-19-17)12-7-3-1-4-8-12/h1,3-4,7-8,13-15,18-19,22H,2,5-6,9-11H2. The van der Waals surface area contributed by atoms with Gasteiger partial charge >= 0.3 is 0 Å². The summed E-state index contributed by atoms with van der Waals surface area (Å²) >= 11 is 0. The fourth-order valence-electron chi connectivity index (χ4n) is 4.27. The van der Waals surface area contributed by atoms with Crippen LogP contribution in [0.25, 0.3) is 0 Å². The molecule has 2 heterocycles. The van der Waals surface area contributed by atoms with Crippen LogP contribution in [0.1, 0.15) is 43.7 Å². The molecule has 0 radical (unpaired) electrons. The third-order valence-electron chi connectivity index (χ3n) is 5.51. The zero-order valence-corrected chi connectivity index (χ0v) is 12.7. The largest absolute Gasteiger partial charge is 0.366 e. The number of hydrogen-bond donors (Lipinski definition) is 3. The lowest BCUT2D eigenvalue weighted by Crippen LogP contribution is -2.54. The molecule has 2 aliphatic heterocycles. The van der Waals surface area contributed by atoms with E-state index in [4.69, 9.17) is 0 Å². The molecule has 22 heavy (non-hydrogen) atoms. The molecule has 3 fully saturated rings. The quantitative estimate of drug-likeness (QED) is 0.771. The highest BCUT2D eigenvalue weighted by atomic mass is 16.3. The molecule has 3 unspecified atom stereocenters. The van der Waals surface area contributed by atoms with Crippen molar-refractivity contribution in [3.63, 3.8) is 0 Å². The number of nitrogens with zero attached hydrogens (tertiary/aromatic N) is 1. The van der Waals surface area contributed by atoms with Gasteiger partial charge in [-0.3, -0.25) is 4.79 Å². The summed E-state index contributed by atoms with van der Waals surface area (Å²) in [6.07, 6.45) is 5.77. The van der Waals surface area contributed by atoms with Crippen LogP contribution in [0.4, 0.5) is 0 Å². The fourth-order valence-corrected chi connectivity index (χ4v) is 4.27. The van der Waals surface area contributed by atoms with E-state index in [1.165, 1.54) is 19.3 Å². The average Bonchev–Trinajstić information content (AvgIpc) is 3.03. The van der Waals surface area contributed by atoms with Gasteiger partial charge in [0.05, 0.1) is 12.0 Å². The van der Waals surface area contributed by atoms with Crippen molar-refractivity contribution in [1.82, 2.24) is 15.8 Å². The number of aliphatic hydroxyl groups is 1. The highest BCUT2D eigenvalue weighted by Crippen LogP contribution is 2.42. The zero-order chi connectivity index (χ0) is 15.2. The molecule has 3 atom stereocenters. The molecule has 1 saturated carbocycles. The van der Waals surface area contributed by atoms with Gasteiger partial charge in [-0.1, -0.05) is 49.6 Å². The third kappa shape index (κ3) is 2.07. The van der Waals surface area contributed by atoms with Crippen molar-refractivity contribution in [2.45, 2.75) is 49.9 Å². The summed E-state index contributed by atoms with van der Waals surface area (Å²) in [5, 5.41) is 10.9. The second-order valence-corrected chi connectivity index (χ2v) is 6.78. The number of fused-ring (bicyclic) bond motifs is 1. The minimum Gasteiger partial charge on any atom is -0.366 e. The number of rotatable bonds is 2. The first kappa shape index (κ1) is 14.2. The topological polar surface area (TPSA) is 64.6 Å². The van der Waals surface area contributed by atoms with Crippen LogP contribution in [0.3, 0.4) is 0 Å². The van der Waals surface area contributed by atoms with E-state index in [1.54, 1.807) is 0 Å². The van der Waals surface area contributed by atoms with Gasteiger partial charge in [-0.05, 0) is 18.4 Å². The highest BCUT2D eigenvalue weighted by molar-refractivity contribution is 5.88. The molecule has 0 bridgehead atoms. The Morgan fingerprint density at radius 2 is 1.86 bits per heavy atom. The van der Waals surface area contributed by atoms with E-state index < -0.39 is 5.72 Å². The first-order valence-electron chi connectivity index (χ1n) is 8.31. The monoisotopic (exact) mass is 301 g/mol. The van der Waals surface area contributed by atoms with E-state index in [0.29, 0.717) is 12.6 Å². The number of nitrogens with one attached hydrogen (secondary N) is 2. The lowest BCUT2D eigenvalue weighted by Gasteiger charge is -2.32. The Labute approximate surface area is 130 Å². The lowest BCUT2D eigenvalue weighted by molar-refractivity contribution is -0.149. The van der Waals surface area contributed by atoms with Crippen LogP contribution in [0.5, 0.6) is 0 Å². The molecule has 3 aliphatic rings. The summed E-state index contributed by atoms with van der Waals surface area (Å²) in [5.41, 5.74) is 5.64. The highest BCUT2D eigenvalue weighted by Gasteiger charge is 2.61. The molecule has 0 aromatic heterocycles. The van der Waals surface area contributed by atoms with Crippen LogP contribution < -0.4 is 10.9 Å². The Kier molecular flexibility index (Phi) is 3.44. The molecule has 1 aliphatic carbocycles. The van der Waals surface area contributed by atoms with Crippen molar-refractivity contribution in [2.24, 2.45) is 5.92 Å². The predicted molar refractivity (Wildman–Crippen MR) is 82.5 cm³/mol. The third-order valence-corrected chi connectivity index (χ3v) is 5.51. The van der Waals surface area contributed by atoms with Crippen molar-refractivity contribution in [1.29, 1.82) is 0 Å². The van der Waals surface area contributed by atoms with Gasteiger partial charge in [0, 0.05) is 12.6 Å². The lowest BCUT2D eigenvalue weighted by atomic mass is 9.89. The number of hydrogen-bond acceptors (Lipinski definition) is 4. The van der Waals surface area contributed by atoms with Crippen LogP contribution in [0.2, 0.25) is 0 Å². The molecule has 5 nitrogen and oxygen atoms in total. The molecular weight excluding hydrogens is 278 g/mol. The van der Waals surface area contributed by atoms with E-state index in [9.17, 15) is 9.90 Å². The maximum atomic E-state index is 12.8. The predicted octanol–water partition coefficient (Wildman–Crippen LogP) is 1.32. The Balaban J connectivity index is 1.59. The molecule has 0 spiro atoms. The van der Waals surface area contributed by atoms with Gasteiger partial charge in [-0.25, -0.2) is 10.9 Å². The summed E-state index contributed by atoms with van der Waals surface area (Å²) in [6, 6.07) is 10.3. The number of amides is 1. The zero-order valence-electron chi connectivity index (χ0n) is 12.7. The van der Waals surface area contributed by atoms with E-state index >= 15 is 0 Å². The van der Waals surface area contributed by atoms with Crippen LogP contribution in [-0.2, 0) is 4.79 Å². The van der Waals surface area contributed by atoms with Crippen LogP contribution in [0.15, 0.2) is 30.3 Å².